The number of nitrogens with zero attached hydrogens (tertiary/aromatic N) is 2. The van der Waals surface area contributed by atoms with E-state index in [1.54, 1.807) is 6.34 Å². The molecule has 8 nitrogen and oxygen atoms in total. The average Bonchev–Trinajstić information content (AvgIpc) is 2.91. The van der Waals surface area contributed by atoms with Gasteiger partial charge in [0.2, 0.25) is 5.91 Å². The molecule has 2 unspecified atom stereocenters. The summed E-state index contributed by atoms with van der Waals surface area (Å²) in [6.45, 7) is 4.73. The summed E-state index contributed by atoms with van der Waals surface area (Å²) in [6, 6.07) is 7.43. The van der Waals surface area contributed by atoms with Crippen LogP contribution in [0.25, 0.3) is 0 Å². The fourth-order valence-corrected chi connectivity index (χ4v) is 5.15. The van der Waals surface area contributed by atoms with Crippen molar-refractivity contribution in [2.24, 2.45) is 4.99 Å². The molecule has 0 radical (unpaired) electrons. The third-order valence-corrected chi connectivity index (χ3v) is 7.24. The van der Waals surface area contributed by atoms with Crippen LogP contribution < -0.4 is 16.0 Å². The molecular formula is C31H39N5O3. The third kappa shape index (κ3) is 8.27. The number of benzene rings is 1. The highest BCUT2D eigenvalue weighted by atomic mass is 16.2. The molecule has 3 amide bonds. The minimum atomic E-state index is -1.21. The van der Waals surface area contributed by atoms with E-state index >= 15 is 0 Å². The lowest BCUT2D eigenvalue weighted by molar-refractivity contribution is -0.155. The largest absolute Gasteiger partial charge is 0.351 e. The van der Waals surface area contributed by atoms with Crippen LogP contribution in [0.5, 0.6) is 0 Å². The van der Waals surface area contributed by atoms with Gasteiger partial charge in [0.05, 0.1) is 12.9 Å². The van der Waals surface area contributed by atoms with Gasteiger partial charge in [-0.05, 0) is 36.8 Å². The predicted octanol–water partition coefficient (Wildman–Crippen LogP) is 3.69. The van der Waals surface area contributed by atoms with E-state index in [2.05, 4.69) is 39.7 Å². The number of rotatable bonds is 10. The summed E-state index contributed by atoms with van der Waals surface area (Å²) < 4.78 is 0. The molecule has 2 fully saturated rings. The first kappa shape index (κ1) is 28.1. The van der Waals surface area contributed by atoms with Crippen LogP contribution >= 0.6 is 0 Å². The summed E-state index contributed by atoms with van der Waals surface area (Å²) in [6.07, 6.45) is 19.2. The molecule has 4 rings (SSSR count). The van der Waals surface area contributed by atoms with Gasteiger partial charge in [-0.15, -0.1) is 0 Å². The molecule has 0 spiro atoms. The van der Waals surface area contributed by atoms with Crippen LogP contribution in [0.3, 0.4) is 0 Å². The SMILES string of the molecule is C=C(CC1NC(=O)C(C(=O)NC2CCCCC2)N(Cc2ccccc2)C1=O)NC=NCC1=C/CC/C=C/C=C\1. The highest BCUT2D eigenvalue weighted by Gasteiger charge is 2.45. The molecule has 1 saturated carbocycles. The Morgan fingerprint density at radius 3 is 2.69 bits per heavy atom. The molecular weight excluding hydrogens is 490 g/mol. The lowest BCUT2D eigenvalue weighted by Gasteiger charge is -2.39. The lowest BCUT2D eigenvalue weighted by atomic mass is 9.94. The zero-order valence-electron chi connectivity index (χ0n) is 22.5. The molecule has 1 aliphatic heterocycles. The molecule has 8 heteroatoms. The molecule has 39 heavy (non-hydrogen) atoms. The average molecular weight is 530 g/mol. The highest BCUT2D eigenvalue weighted by Crippen LogP contribution is 2.21. The number of carbonyl (C=O) groups is 3. The second kappa shape index (κ2) is 14.3. The van der Waals surface area contributed by atoms with E-state index < -0.39 is 23.9 Å². The second-order valence-electron chi connectivity index (χ2n) is 10.3. The first-order valence-corrected chi connectivity index (χ1v) is 13.9. The highest BCUT2D eigenvalue weighted by molar-refractivity contribution is 6.10. The molecule has 1 aromatic carbocycles. The Morgan fingerprint density at radius 1 is 1.10 bits per heavy atom. The van der Waals surface area contributed by atoms with Crippen LogP contribution in [-0.2, 0) is 20.9 Å². The molecule has 206 valence electrons. The van der Waals surface area contributed by atoms with Crippen molar-refractivity contribution < 1.29 is 14.4 Å². The summed E-state index contributed by atoms with van der Waals surface area (Å²) >= 11 is 0. The number of aliphatic imine (C=N–C) groups is 1. The van der Waals surface area contributed by atoms with E-state index in [0.29, 0.717) is 12.2 Å². The maximum Gasteiger partial charge on any atom is 0.253 e. The van der Waals surface area contributed by atoms with Gasteiger partial charge in [0.15, 0.2) is 6.04 Å². The van der Waals surface area contributed by atoms with E-state index in [1.807, 2.05) is 48.6 Å². The summed E-state index contributed by atoms with van der Waals surface area (Å²) in [5, 5.41) is 8.83. The van der Waals surface area contributed by atoms with Gasteiger partial charge in [0.25, 0.3) is 11.8 Å². The van der Waals surface area contributed by atoms with Crippen LogP contribution in [0.4, 0.5) is 0 Å². The van der Waals surface area contributed by atoms with Crippen molar-refractivity contribution in [2.75, 3.05) is 6.54 Å². The van der Waals surface area contributed by atoms with E-state index in [1.165, 1.54) is 4.90 Å². The van der Waals surface area contributed by atoms with Crippen LogP contribution in [0.15, 0.2) is 83.6 Å². The maximum absolute atomic E-state index is 13.6. The zero-order chi connectivity index (χ0) is 27.5. The van der Waals surface area contributed by atoms with Crippen molar-refractivity contribution in [3.63, 3.8) is 0 Å². The number of hydrogen-bond acceptors (Lipinski definition) is 4. The molecule has 1 saturated heterocycles. The van der Waals surface area contributed by atoms with E-state index in [-0.39, 0.29) is 24.9 Å². The lowest BCUT2D eigenvalue weighted by Crippen LogP contribution is -2.67. The van der Waals surface area contributed by atoms with Crippen molar-refractivity contribution >= 4 is 24.1 Å². The number of allylic oxidation sites excluding steroid dienone is 4. The maximum atomic E-state index is 13.6. The van der Waals surface area contributed by atoms with Crippen LogP contribution in [-0.4, -0.2) is 53.6 Å². The third-order valence-electron chi connectivity index (χ3n) is 7.24. The summed E-state index contributed by atoms with van der Waals surface area (Å²) in [5.74, 6) is -1.19. The minimum absolute atomic E-state index is 0.0406. The number of amides is 3. The molecule has 3 N–H and O–H groups in total. The Balaban J connectivity index is 1.39. The Kier molecular flexibility index (Phi) is 10.3. The predicted molar refractivity (Wildman–Crippen MR) is 154 cm³/mol. The zero-order valence-corrected chi connectivity index (χ0v) is 22.5. The van der Waals surface area contributed by atoms with Gasteiger partial charge < -0.3 is 20.9 Å². The fraction of sp³-hybridized carbons (Fsp3) is 0.419. The molecule has 1 aromatic rings. The van der Waals surface area contributed by atoms with Gasteiger partial charge in [-0.3, -0.25) is 19.4 Å². The Hall–Kier alpha value is -3.94. The van der Waals surface area contributed by atoms with Crippen molar-refractivity contribution in [3.05, 3.63) is 84.1 Å². The Morgan fingerprint density at radius 2 is 1.90 bits per heavy atom. The summed E-state index contributed by atoms with van der Waals surface area (Å²) in [7, 11) is 0. The van der Waals surface area contributed by atoms with E-state index in [0.717, 1.165) is 56.1 Å². The second-order valence-corrected chi connectivity index (χ2v) is 10.3. The van der Waals surface area contributed by atoms with Crippen LogP contribution in [0, 0.1) is 0 Å². The van der Waals surface area contributed by atoms with Crippen molar-refractivity contribution in [1.82, 2.24) is 20.9 Å². The number of nitrogens with one attached hydrogen (secondary N) is 3. The molecule has 0 bridgehead atoms. The van der Waals surface area contributed by atoms with Gasteiger partial charge in [-0.1, -0.05) is 86.6 Å². The number of hydrogen-bond donors (Lipinski definition) is 3. The van der Waals surface area contributed by atoms with Crippen molar-refractivity contribution in [1.29, 1.82) is 0 Å². The summed E-state index contributed by atoms with van der Waals surface area (Å²) in [4.78, 5) is 46.0. The van der Waals surface area contributed by atoms with Crippen molar-refractivity contribution in [3.8, 4) is 0 Å². The van der Waals surface area contributed by atoms with E-state index in [9.17, 15) is 14.4 Å². The topological polar surface area (TPSA) is 103 Å². The normalized spacial score (nSPS) is 25.1. The Labute approximate surface area is 231 Å². The van der Waals surface area contributed by atoms with Gasteiger partial charge in [-0.25, -0.2) is 0 Å². The van der Waals surface area contributed by atoms with Gasteiger partial charge >= 0.3 is 0 Å². The van der Waals surface area contributed by atoms with E-state index in [4.69, 9.17) is 0 Å². The molecule has 2 atom stereocenters. The van der Waals surface area contributed by atoms with Gasteiger partial charge in [0.1, 0.15) is 6.04 Å². The van der Waals surface area contributed by atoms with Crippen molar-refractivity contribution in [2.45, 2.75) is 76.0 Å². The molecule has 2 aliphatic carbocycles. The monoisotopic (exact) mass is 529 g/mol. The first-order valence-electron chi connectivity index (χ1n) is 13.9. The Bertz CT molecular complexity index is 1150. The smallest absolute Gasteiger partial charge is 0.253 e. The fourth-order valence-electron chi connectivity index (χ4n) is 5.15. The molecule has 0 aromatic heterocycles. The molecule has 1 heterocycles. The van der Waals surface area contributed by atoms with Gasteiger partial charge in [-0.2, -0.15) is 0 Å². The minimum Gasteiger partial charge on any atom is -0.351 e. The summed E-state index contributed by atoms with van der Waals surface area (Å²) in [5.41, 5.74) is 2.53. The first-order chi connectivity index (χ1) is 19.0. The number of carbonyl (C=O) groups excluding carboxylic acids is 3. The standard InChI is InChI=1S/C31H39N5O3/c1-23(33-22-32-20-24-13-7-3-2-4-8-14-24)19-27-31(39)36(21-25-15-9-5-10-16-25)28(30(38)35-27)29(37)34-26-17-11-6-12-18-26/h2-3,5,7,9-10,13-16,22,26-28H,1,4,6,8,11-12,17-21H2,(H,32,33)(H,34,37)(H,35,38)/b3-2+,13-7-,24-14+. The number of piperazine rings is 1. The van der Waals surface area contributed by atoms with Gasteiger partial charge in [0, 0.05) is 24.7 Å². The quantitative estimate of drug-likeness (QED) is 0.244. The van der Waals surface area contributed by atoms with Crippen LogP contribution in [0.1, 0.15) is 56.9 Å². The van der Waals surface area contributed by atoms with Crippen LogP contribution in [0.2, 0.25) is 0 Å². The molecule has 3 aliphatic rings.